The van der Waals surface area contributed by atoms with Crippen LogP contribution in [0.5, 0.6) is 0 Å². The van der Waals surface area contributed by atoms with Crippen LogP contribution in [0.1, 0.15) is 42.7 Å². The number of hydrogen-bond acceptors (Lipinski definition) is 5. The quantitative estimate of drug-likeness (QED) is 0.695. The molecule has 0 aliphatic carbocycles. The molecule has 0 radical (unpaired) electrons. The highest BCUT2D eigenvalue weighted by molar-refractivity contribution is 5.79. The Balaban J connectivity index is 1.65. The maximum atomic E-state index is 13.2. The van der Waals surface area contributed by atoms with Crippen LogP contribution in [0.15, 0.2) is 34.9 Å². The molecule has 1 atom stereocenters. The van der Waals surface area contributed by atoms with E-state index in [1.54, 1.807) is 0 Å². The number of carbonyl (C=O) groups excluding carboxylic acids is 1. The average molecular weight is 379 g/mol. The van der Waals surface area contributed by atoms with Gasteiger partial charge >= 0.3 is 0 Å². The minimum absolute atomic E-state index is 0.0728. The van der Waals surface area contributed by atoms with Crippen molar-refractivity contribution in [2.75, 3.05) is 6.54 Å². The van der Waals surface area contributed by atoms with Gasteiger partial charge in [0, 0.05) is 17.7 Å². The number of benzene rings is 1. The van der Waals surface area contributed by atoms with E-state index in [1.165, 1.54) is 0 Å². The van der Waals surface area contributed by atoms with Gasteiger partial charge in [0.05, 0.1) is 24.7 Å². The lowest BCUT2D eigenvalue weighted by molar-refractivity contribution is -0.135. The van der Waals surface area contributed by atoms with E-state index < -0.39 is 0 Å². The maximum absolute atomic E-state index is 13.2. The van der Waals surface area contributed by atoms with E-state index in [1.807, 2.05) is 53.8 Å². The summed E-state index contributed by atoms with van der Waals surface area (Å²) in [6.07, 6.45) is 0.296. The topological polar surface area (TPSA) is 77.0 Å². The van der Waals surface area contributed by atoms with E-state index in [9.17, 15) is 4.79 Å². The van der Waals surface area contributed by atoms with Crippen LogP contribution in [0.25, 0.3) is 11.4 Å². The summed E-state index contributed by atoms with van der Waals surface area (Å²) < 4.78 is 7.17. The van der Waals surface area contributed by atoms with Gasteiger partial charge in [-0.3, -0.25) is 4.79 Å². The molecule has 7 heteroatoms. The first-order valence-electron chi connectivity index (χ1n) is 9.67. The maximum Gasteiger partial charge on any atom is 0.227 e. The second-order valence-corrected chi connectivity index (χ2v) is 7.64. The minimum atomic E-state index is -0.105. The Labute approximate surface area is 164 Å². The second-order valence-electron chi connectivity index (χ2n) is 7.64. The van der Waals surface area contributed by atoms with Crippen molar-refractivity contribution in [3.63, 3.8) is 0 Å². The molecule has 0 spiro atoms. The number of aryl methyl sites for hydroxylation is 2. The summed E-state index contributed by atoms with van der Waals surface area (Å²) in [6, 6.07) is 9.85. The molecular weight excluding hydrogens is 354 g/mol. The standard InChI is InChI=1S/C21H25N5O2/c1-13(2)19-21-22-20(16-8-6-5-7-9-16)23-26(21)11-10-25(19)18(27)12-17-14(3)24-28-15(17)4/h5-9,13,19H,10-12H2,1-4H3/t19-/m0/s1. The van der Waals surface area contributed by atoms with Gasteiger partial charge in [0.25, 0.3) is 0 Å². The number of aromatic nitrogens is 4. The Kier molecular flexibility index (Phi) is 4.75. The summed E-state index contributed by atoms with van der Waals surface area (Å²) in [6.45, 7) is 9.22. The Morgan fingerprint density at radius 2 is 1.96 bits per heavy atom. The van der Waals surface area contributed by atoms with Crippen LogP contribution >= 0.6 is 0 Å². The molecule has 4 rings (SSSR count). The molecule has 0 fully saturated rings. The summed E-state index contributed by atoms with van der Waals surface area (Å²) in [4.78, 5) is 19.9. The Hall–Kier alpha value is -2.96. The fourth-order valence-corrected chi connectivity index (χ4v) is 3.87. The zero-order valence-corrected chi connectivity index (χ0v) is 16.7. The van der Waals surface area contributed by atoms with Crippen LogP contribution in [-0.4, -0.2) is 37.3 Å². The van der Waals surface area contributed by atoms with Crippen molar-refractivity contribution in [2.45, 2.75) is 46.7 Å². The number of hydrogen-bond donors (Lipinski definition) is 0. The van der Waals surface area contributed by atoms with Gasteiger partial charge in [0.1, 0.15) is 5.76 Å². The normalized spacial score (nSPS) is 16.5. The van der Waals surface area contributed by atoms with Crippen molar-refractivity contribution in [1.82, 2.24) is 24.8 Å². The van der Waals surface area contributed by atoms with E-state index >= 15 is 0 Å². The molecule has 146 valence electrons. The lowest BCUT2D eigenvalue weighted by atomic mass is 9.98. The van der Waals surface area contributed by atoms with Crippen LogP contribution in [0.4, 0.5) is 0 Å². The number of carbonyl (C=O) groups is 1. The van der Waals surface area contributed by atoms with Crippen molar-refractivity contribution in [3.05, 3.63) is 53.2 Å². The summed E-state index contributed by atoms with van der Waals surface area (Å²) in [5, 5.41) is 8.66. The Bertz CT molecular complexity index is 970. The molecule has 2 aromatic heterocycles. The smallest absolute Gasteiger partial charge is 0.227 e. The summed E-state index contributed by atoms with van der Waals surface area (Å²) in [5.74, 6) is 2.57. The lowest BCUT2D eigenvalue weighted by Crippen LogP contribution is -2.45. The van der Waals surface area contributed by atoms with Crippen LogP contribution in [0, 0.1) is 19.8 Å². The zero-order valence-electron chi connectivity index (χ0n) is 16.7. The molecule has 0 unspecified atom stereocenters. The first-order chi connectivity index (χ1) is 13.5. The van der Waals surface area contributed by atoms with E-state index in [-0.39, 0.29) is 17.9 Å². The summed E-state index contributed by atoms with van der Waals surface area (Å²) in [5.41, 5.74) is 2.64. The van der Waals surface area contributed by atoms with Gasteiger partial charge in [-0.1, -0.05) is 49.3 Å². The van der Waals surface area contributed by atoms with E-state index in [2.05, 4.69) is 19.0 Å². The van der Waals surface area contributed by atoms with E-state index in [4.69, 9.17) is 14.6 Å². The molecule has 1 aliphatic heterocycles. The second kappa shape index (κ2) is 7.22. The minimum Gasteiger partial charge on any atom is -0.361 e. The molecule has 28 heavy (non-hydrogen) atoms. The number of rotatable bonds is 4. The predicted molar refractivity (Wildman–Crippen MR) is 104 cm³/mol. The van der Waals surface area contributed by atoms with Crippen LogP contribution in [0.3, 0.4) is 0 Å². The van der Waals surface area contributed by atoms with E-state index in [0.29, 0.717) is 31.1 Å². The fourth-order valence-electron chi connectivity index (χ4n) is 3.87. The highest BCUT2D eigenvalue weighted by atomic mass is 16.5. The largest absolute Gasteiger partial charge is 0.361 e. The molecule has 0 saturated heterocycles. The molecule has 0 saturated carbocycles. The van der Waals surface area contributed by atoms with Gasteiger partial charge < -0.3 is 9.42 Å². The average Bonchev–Trinajstić information content (AvgIpc) is 3.26. The van der Waals surface area contributed by atoms with Gasteiger partial charge in [-0.2, -0.15) is 5.10 Å². The molecule has 0 bridgehead atoms. The summed E-state index contributed by atoms with van der Waals surface area (Å²) >= 11 is 0. The number of fused-ring (bicyclic) bond motifs is 1. The van der Waals surface area contributed by atoms with Gasteiger partial charge in [-0.05, 0) is 19.8 Å². The highest BCUT2D eigenvalue weighted by Crippen LogP contribution is 2.33. The van der Waals surface area contributed by atoms with Crippen LogP contribution < -0.4 is 0 Å². The molecule has 1 aliphatic rings. The summed E-state index contributed by atoms with van der Waals surface area (Å²) in [7, 11) is 0. The van der Waals surface area contributed by atoms with Crippen molar-refractivity contribution in [1.29, 1.82) is 0 Å². The van der Waals surface area contributed by atoms with Gasteiger partial charge in [0.15, 0.2) is 11.6 Å². The van der Waals surface area contributed by atoms with Gasteiger partial charge in [0.2, 0.25) is 5.91 Å². The monoisotopic (exact) mass is 379 g/mol. The number of nitrogens with zero attached hydrogens (tertiary/aromatic N) is 5. The molecule has 7 nitrogen and oxygen atoms in total. The first-order valence-corrected chi connectivity index (χ1v) is 9.67. The lowest BCUT2D eigenvalue weighted by Gasteiger charge is -2.37. The fraction of sp³-hybridized carbons (Fsp3) is 0.429. The van der Waals surface area contributed by atoms with Gasteiger partial charge in [-0.15, -0.1) is 0 Å². The third kappa shape index (κ3) is 3.21. The van der Waals surface area contributed by atoms with Gasteiger partial charge in [-0.25, -0.2) is 9.67 Å². The molecule has 1 aromatic carbocycles. The van der Waals surface area contributed by atoms with Crippen LogP contribution in [-0.2, 0) is 17.8 Å². The van der Waals surface area contributed by atoms with Crippen molar-refractivity contribution in [2.24, 2.45) is 5.92 Å². The molecule has 3 aromatic rings. The third-order valence-corrected chi connectivity index (χ3v) is 5.35. The van der Waals surface area contributed by atoms with Crippen molar-refractivity contribution in [3.8, 4) is 11.4 Å². The molecule has 0 N–H and O–H groups in total. The zero-order chi connectivity index (χ0) is 19.8. The van der Waals surface area contributed by atoms with Crippen molar-refractivity contribution < 1.29 is 9.32 Å². The highest BCUT2D eigenvalue weighted by Gasteiger charge is 2.36. The molecular formula is C21H25N5O2. The van der Waals surface area contributed by atoms with Crippen LogP contribution in [0.2, 0.25) is 0 Å². The molecule has 1 amide bonds. The first kappa shape index (κ1) is 18.4. The third-order valence-electron chi connectivity index (χ3n) is 5.35. The van der Waals surface area contributed by atoms with Crippen molar-refractivity contribution >= 4 is 5.91 Å². The molecule has 3 heterocycles. The predicted octanol–water partition coefficient (Wildman–Crippen LogP) is 3.33. The SMILES string of the molecule is Cc1noc(C)c1CC(=O)N1CCn2nc(-c3ccccc3)nc2[C@@H]1C(C)C. The number of amides is 1. The van der Waals surface area contributed by atoms with E-state index in [0.717, 1.165) is 22.6 Å². The Morgan fingerprint density at radius 1 is 1.21 bits per heavy atom. The Morgan fingerprint density at radius 3 is 2.61 bits per heavy atom.